The third-order valence-corrected chi connectivity index (χ3v) is 8.53. The Kier molecular flexibility index (Phi) is 5.62. The van der Waals surface area contributed by atoms with Crippen molar-refractivity contribution in [2.24, 2.45) is 11.1 Å². The number of nitrogens with zero attached hydrogens (tertiary/aromatic N) is 4. The van der Waals surface area contributed by atoms with Crippen LogP contribution in [0.15, 0.2) is 18.2 Å². The molecular weight excluding hydrogens is 539 g/mol. The number of primary amides is 1. The Morgan fingerprint density at radius 2 is 1.82 bits per heavy atom. The minimum Gasteiger partial charge on any atom is -0.370 e. The first-order valence-corrected chi connectivity index (χ1v) is 12.5. The molecule has 1 aliphatic heterocycles. The number of rotatable bonds is 4. The minimum atomic E-state index is -2.65. The predicted octanol–water partition coefficient (Wildman–Crippen LogP) is 5.26. The van der Waals surface area contributed by atoms with E-state index in [1.54, 1.807) is 16.8 Å². The highest BCUT2D eigenvalue weighted by atomic mass is 127. The zero-order valence-corrected chi connectivity index (χ0v) is 20.4. The lowest BCUT2D eigenvalue weighted by Crippen LogP contribution is -2.36. The number of benzene rings is 1. The molecule has 1 aromatic heterocycles. The van der Waals surface area contributed by atoms with Gasteiger partial charge >= 0.3 is 0 Å². The van der Waals surface area contributed by atoms with Gasteiger partial charge in [0.15, 0.2) is 0 Å². The SMILES string of the molecule is N#Cc1cc(-c2c(I)ccc(C(N)=O)c2N2CCC3(CC2)CC3)nn1C1CCC(F)(F)CC1. The van der Waals surface area contributed by atoms with E-state index >= 15 is 0 Å². The molecule has 33 heavy (non-hydrogen) atoms. The Morgan fingerprint density at radius 3 is 2.39 bits per heavy atom. The number of anilines is 1. The van der Waals surface area contributed by atoms with E-state index in [0.717, 1.165) is 40.8 Å². The van der Waals surface area contributed by atoms with Gasteiger partial charge in [0.25, 0.3) is 5.91 Å². The number of nitrogens with two attached hydrogens (primary N) is 1. The Bertz CT molecular complexity index is 1130. The Morgan fingerprint density at radius 1 is 1.15 bits per heavy atom. The summed E-state index contributed by atoms with van der Waals surface area (Å²) in [5.41, 5.74) is 9.18. The van der Waals surface area contributed by atoms with Crippen molar-refractivity contribution < 1.29 is 13.6 Å². The molecule has 9 heteroatoms. The Balaban J connectivity index is 1.56. The van der Waals surface area contributed by atoms with Crippen molar-refractivity contribution in [1.82, 2.24) is 9.78 Å². The van der Waals surface area contributed by atoms with Crippen molar-refractivity contribution in [2.75, 3.05) is 18.0 Å². The monoisotopic (exact) mass is 565 g/mol. The number of alkyl halides is 2. The van der Waals surface area contributed by atoms with Gasteiger partial charge in [-0.25, -0.2) is 8.78 Å². The van der Waals surface area contributed by atoms with Gasteiger partial charge in [0.05, 0.1) is 23.0 Å². The van der Waals surface area contributed by atoms with Gasteiger partial charge in [-0.3, -0.25) is 9.48 Å². The van der Waals surface area contributed by atoms with Crippen LogP contribution in [0.25, 0.3) is 11.3 Å². The number of amides is 1. The summed E-state index contributed by atoms with van der Waals surface area (Å²) in [5.74, 6) is -3.14. The van der Waals surface area contributed by atoms with Gasteiger partial charge in [0.1, 0.15) is 11.8 Å². The molecule has 0 atom stereocenters. The topological polar surface area (TPSA) is 87.9 Å². The Labute approximate surface area is 205 Å². The highest BCUT2D eigenvalue weighted by molar-refractivity contribution is 14.1. The fourth-order valence-corrected chi connectivity index (χ4v) is 6.08. The molecule has 3 fully saturated rings. The number of halogens is 3. The number of carbonyl (C=O) groups excluding carboxylic acids is 1. The maximum atomic E-state index is 13.7. The van der Waals surface area contributed by atoms with Gasteiger partial charge in [-0.05, 0) is 78.7 Å². The lowest BCUT2D eigenvalue weighted by Gasteiger charge is -2.36. The van der Waals surface area contributed by atoms with Crippen molar-refractivity contribution in [2.45, 2.75) is 63.3 Å². The third kappa shape index (κ3) is 4.22. The molecule has 3 aliphatic rings. The van der Waals surface area contributed by atoms with Crippen LogP contribution in [0.2, 0.25) is 0 Å². The first-order chi connectivity index (χ1) is 15.7. The molecule has 174 valence electrons. The molecule has 0 unspecified atom stereocenters. The van der Waals surface area contributed by atoms with E-state index in [4.69, 9.17) is 10.8 Å². The lowest BCUT2D eigenvalue weighted by atomic mass is 9.92. The van der Waals surface area contributed by atoms with Crippen molar-refractivity contribution in [1.29, 1.82) is 5.26 Å². The number of aromatic nitrogens is 2. The first kappa shape index (κ1) is 22.6. The van der Waals surface area contributed by atoms with Gasteiger partial charge in [-0.2, -0.15) is 10.4 Å². The summed E-state index contributed by atoms with van der Waals surface area (Å²) in [4.78, 5) is 14.6. The molecule has 2 heterocycles. The number of hydrogen-bond donors (Lipinski definition) is 1. The summed E-state index contributed by atoms with van der Waals surface area (Å²) < 4.78 is 29.9. The number of hydrogen-bond acceptors (Lipinski definition) is 4. The summed E-state index contributed by atoms with van der Waals surface area (Å²) in [6.45, 7) is 1.69. The third-order valence-electron chi connectivity index (χ3n) is 7.63. The van der Waals surface area contributed by atoms with E-state index in [9.17, 15) is 18.8 Å². The van der Waals surface area contributed by atoms with Crippen LogP contribution < -0.4 is 10.6 Å². The maximum Gasteiger partial charge on any atom is 0.250 e. The number of carbonyl (C=O) groups is 1. The molecule has 6 nitrogen and oxygen atoms in total. The second kappa shape index (κ2) is 8.22. The van der Waals surface area contributed by atoms with E-state index in [1.807, 2.05) is 6.07 Å². The second-order valence-electron chi connectivity index (χ2n) is 9.73. The summed E-state index contributed by atoms with van der Waals surface area (Å²) >= 11 is 2.23. The van der Waals surface area contributed by atoms with Crippen molar-refractivity contribution in [3.05, 3.63) is 33.0 Å². The normalized spacial score (nSPS) is 21.7. The van der Waals surface area contributed by atoms with Crippen molar-refractivity contribution >= 4 is 34.2 Å². The molecule has 1 saturated heterocycles. The molecule has 0 radical (unpaired) electrons. The maximum absolute atomic E-state index is 13.7. The Hall–Kier alpha value is -2.22. The molecule has 1 aromatic carbocycles. The zero-order valence-electron chi connectivity index (χ0n) is 18.3. The molecule has 2 saturated carbocycles. The predicted molar refractivity (Wildman–Crippen MR) is 129 cm³/mol. The van der Waals surface area contributed by atoms with Crippen molar-refractivity contribution in [3.8, 4) is 17.3 Å². The van der Waals surface area contributed by atoms with Gasteiger partial charge in [0, 0.05) is 41.1 Å². The zero-order chi connectivity index (χ0) is 23.4. The van der Waals surface area contributed by atoms with Gasteiger partial charge < -0.3 is 10.6 Å². The molecular formula is C24H26F2IN5O. The fourth-order valence-electron chi connectivity index (χ4n) is 5.37. The largest absolute Gasteiger partial charge is 0.370 e. The van der Waals surface area contributed by atoms with E-state index < -0.39 is 11.8 Å². The molecule has 1 spiro atoms. The van der Waals surface area contributed by atoms with Crippen LogP contribution in [-0.2, 0) is 0 Å². The first-order valence-electron chi connectivity index (χ1n) is 11.5. The van der Waals surface area contributed by atoms with Crippen LogP contribution in [-0.4, -0.2) is 34.7 Å². The van der Waals surface area contributed by atoms with Gasteiger partial charge in [-0.15, -0.1) is 0 Å². The van der Waals surface area contributed by atoms with Crippen LogP contribution >= 0.6 is 22.6 Å². The van der Waals surface area contributed by atoms with Crippen molar-refractivity contribution in [3.63, 3.8) is 0 Å². The van der Waals surface area contributed by atoms with Crippen LogP contribution in [0.5, 0.6) is 0 Å². The molecule has 2 aromatic rings. The molecule has 2 N–H and O–H groups in total. The molecule has 1 amide bonds. The highest BCUT2D eigenvalue weighted by Gasteiger charge is 2.45. The average Bonchev–Trinajstić information content (AvgIpc) is 3.40. The van der Waals surface area contributed by atoms with Crippen LogP contribution in [0.1, 0.15) is 73.5 Å². The van der Waals surface area contributed by atoms with Gasteiger partial charge in [0.2, 0.25) is 5.92 Å². The van der Waals surface area contributed by atoms with Crippen LogP contribution in [0.4, 0.5) is 14.5 Å². The summed E-state index contributed by atoms with van der Waals surface area (Å²) in [6.07, 6.45) is 4.89. The summed E-state index contributed by atoms with van der Waals surface area (Å²) in [7, 11) is 0. The van der Waals surface area contributed by atoms with E-state index in [0.29, 0.717) is 22.4 Å². The van der Waals surface area contributed by atoms with E-state index in [-0.39, 0.29) is 31.7 Å². The fraction of sp³-hybridized carbons (Fsp3) is 0.542. The average molecular weight is 565 g/mol. The summed E-state index contributed by atoms with van der Waals surface area (Å²) in [6, 6.07) is 7.26. The second-order valence-corrected chi connectivity index (χ2v) is 10.9. The smallest absolute Gasteiger partial charge is 0.250 e. The summed E-state index contributed by atoms with van der Waals surface area (Å²) in [5, 5.41) is 14.5. The molecule has 0 bridgehead atoms. The number of nitriles is 1. The minimum absolute atomic E-state index is 0.201. The van der Waals surface area contributed by atoms with Crippen LogP contribution in [0.3, 0.4) is 0 Å². The molecule has 5 rings (SSSR count). The molecule has 2 aliphatic carbocycles. The van der Waals surface area contributed by atoms with Gasteiger partial charge in [-0.1, -0.05) is 0 Å². The van der Waals surface area contributed by atoms with Crippen LogP contribution in [0, 0.1) is 20.3 Å². The van der Waals surface area contributed by atoms with E-state index in [2.05, 4.69) is 33.6 Å². The quantitative estimate of drug-likeness (QED) is 0.513. The highest BCUT2D eigenvalue weighted by Crippen LogP contribution is 2.54. The lowest BCUT2D eigenvalue weighted by molar-refractivity contribution is -0.0450. The van der Waals surface area contributed by atoms with E-state index in [1.165, 1.54) is 12.8 Å². The number of piperidine rings is 1. The standard InChI is InChI=1S/C24H26F2IN5O/c25-24(26)5-3-15(4-6-24)32-16(14-28)13-19(30-32)20-18(27)2-1-17(22(29)33)21(20)31-11-9-23(7-8-23)10-12-31/h1-2,13,15H,3-12H2,(H2,29,33).